The molecule has 0 aliphatic heterocycles. The van der Waals surface area contributed by atoms with Crippen LogP contribution in [0.4, 0.5) is 0 Å². The van der Waals surface area contributed by atoms with E-state index >= 15 is 0 Å². The summed E-state index contributed by atoms with van der Waals surface area (Å²) >= 11 is 0. The van der Waals surface area contributed by atoms with Crippen LogP contribution in [0.5, 0.6) is 11.5 Å². The minimum Gasteiger partial charge on any atom is -0.493 e. The first-order valence-corrected chi connectivity index (χ1v) is 11.0. The second kappa shape index (κ2) is 14.6. The molecule has 1 fully saturated rings. The first-order chi connectivity index (χ1) is 14.6. The maximum atomic E-state index is 5.63. The van der Waals surface area contributed by atoms with E-state index in [0.29, 0.717) is 12.0 Å². The standard InChI is InChI=1S/C24H39N3O3.HI/c1-6-10-20-15-19(16-21(28-4)22(20)29-5)17-26-23(25-3)27-18-24(11-8-9-12-24)13-14-30-7-2;/h6,15-16H,1,7-14,17-18H2,2-5H3,(H2,25,26,27);1H. The molecule has 0 radical (unpaired) electrons. The molecule has 176 valence electrons. The number of guanidine groups is 1. The average Bonchev–Trinajstić information content (AvgIpc) is 3.23. The summed E-state index contributed by atoms with van der Waals surface area (Å²) in [6.45, 7) is 9.10. The Bertz CT molecular complexity index is 704. The van der Waals surface area contributed by atoms with Gasteiger partial charge in [0.25, 0.3) is 0 Å². The smallest absolute Gasteiger partial charge is 0.191 e. The molecule has 6 nitrogen and oxygen atoms in total. The van der Waals surface area contributed by atoms with Gasteiger partial charge in [-0.05, 0) is 55.7 Å². The molecule has 7 heteroatoms. The minimum absolute atomic E-state index is 0. The number of ether oxygens (including phenoxy) is 3. The molecule has 0 amide bonds. The summed E-state index contributed by atoms with van der Waals surface area (Å²) in [5.74, 6) is 2.32. The van der Waals surface area contributed by atoms with E-state index < -0.39 is 0 Å². The van der Waals surface area contributed by atoms with Gasteiger partial charge in [0, 0.05) is 38.9 Å². The molecule has 1 aromatic carbocycles. The molecule has 0 heterocycles. The van der Waals surface area contributed by atoms with Crippen molar-refractivity contribution in [2.75, 3.05) is 41.0 Å². The molecule has 2 rings (SSSR count). The molecule has 0 aromatic heterocycles. The van der Waals surface area contributed by atoms with Crippen LogP contribution < -0.4 is 20.1 Å². The first kappa shape index (κ1) is 27.6. The summed E-state index contributed by atoms with van der Waals surface area (Å²) in [6, 6.07) is 4.14. The second-order valence-electron chi connectivity index (χ2n) is 7.92. The number of methoxy groups -OCH3 is 2. The Morgan fingerprint density at radius 1 is 1.19 bits per heavy atom. The fourth-order valence-corrected chi connectivity index (χ4v) is 4.27. The lowest BCUT2D eigenvalue weighted by molar-refractivity contribution is 0.105. The SMILES string of the molecule is C=CCc1cc(CNC(=NC)NCC2(CCOCC)CCCC2)cc(OC)c1OC.I. The highest BCUT2D eigenvalue weighted by Gasteiger charge is 2.33. The van der Waals surface area contributed by atoms with E-state index in [0.717, 1.165) is 61.2 Å². The predicted molar refractivity (Wildman–Crippen MR) is 139 cm³/mol. The van der Waals surface area contributed by atoms with E-state index in [1.807, 2.05) is 19.2 Å². The number of nitrogens with one attached hydrogen (secondary N) is 2. The molecule has 0 spiro atoms. The van der Waals surface area contributed by atoms with Crippen molar-refractivity contribution in [3.05, 3.63) is 35.9 Å². The number of benzene rings is 1. The highest BCUT2D eigenvalue weighted by molar-refractivity contribution is 14.0. The van der Waals surface area contributed by atoms with Crippen LogP contribution in [-0.2, 0) is 17.7 Å². The molecule has 1 saturated carbocycles. The van der Waals surface area contributed by atoms with Gasteiger partial charge in [0.1, 0.15) is 0 Å². The largest absolute Gasteiger partial charge is 0.493 e. The molecule has 0 atom stereocenters. The molecule has 0 saturated heterocycles. The zero-order valence-electron chi connectivity index (χ0n) is 19.6. The first-order valence-electron chi connectivity index (χ1n) is 11.0. The quantitative estimate of drug-likeness (QED) is 0.131. The lowest BCUT2D eigenvalue weighted by Gasteiger charge is -2.30. The number of rotatable bonds is 12. The van der Waals surface area contributed by atoms with Crippen LogP contribution in [0.1, 0.15) is 50.2 Å². The maximum absolute atomic E-state index is 5.63. The van der Waals surface area contributed by atoms with E-state index in [1.165, 1.54) is 25.7 Å². The molecule has 1 aromatic rings. The van der Waals surface area contributed by atoms with Crippen LogP contribution in [0.25, 0.3) is 0 Å². The molecule has 1 aliphatic rings. The third-order valence-electron chi connectivity index (χ3n) is 5.94. The van der Waals surface area contributed by atoms with E-state index in [9.17, 15) is 0 Å². The Balaban J connectivity index is 0.00000480. The second-order valence-corrected chi connectivity index (χ2v) is 7.92. The van der Waals surface area contributed by atoms with Gasteiger partial charge in [0.15, 0.2) is 17.5 Å². The van der Waals surface area contributed by atoms with Gasteiger partial charge in [-0.15, -0.1) is 30.6 Å². The van der Waals surface area contributed by atoms with Gasteiger partial charge >= 0.3 is 0 Å². The summed E-state index contributed by atoms with van der Waals surface area (Å²) in [7, 11) is 5.14. The normalized spacial score (nSPS) is 15.2. The highest BCUT2D eigenvalue weighted by atomic mass is 127. The highest BCUT2D eigenvalue weighted by Crippen LogP contribution is 2.40. The van der Waals surface area contributed by atoms with Crippen molar-refractivity contribution in [2.45, 2.75) is 52.0 Å². The fourth-order valence-electron chi connectivity index (χ4n) is 4.27. The van der Waals surface area contributed by atoms with Crippen molar-refractivity contribution >= 4 is 29.9 Å². The Kier molecular flexibility index (Phi) is 12.9. The van der Waals surface area contributed by atoms with Crippen molar-refractivity contribution in [2.24, 2.45) is 10.4 Å². The number of aliphatic imine (C=N–C) groups is 1. The van der Waals surface area contributed by atoms with Crippen molar-refractivity contribution < 1.29 is 14.2 Å². The monoisotopic (exact) mass is 545 g/mol. The lowest BCUT2D eigenvalue weighted by Crippen LogP contribution is -2.43. The van der Waals surface area contributed by atoms with Crippen LogP contribution in [0.15, 0.2) is 29.8 Å². The third kappa shape index (κ3) is 8.18. The Morgan fingerprint density at radius 3 is 2.52 bits per heavy atom. The van der Waals surface area contributed by atoms with Crippen LogP contribution in [0.3, 0.4) is 0 Å². The summed E-state index contributed by atoms with van der Waals surface area (Å²) in [6.07, 6.45) is 8.82. The maximum Gasteiger partial charge on any atom is 0.191 e. The van der Waals surface area contributed by atoms with Gasteiger partial charge in [0.2, 0.25) is 0 Å². The lowest BCUT2D eigenvalue weighted by atomic mass is 9.83. The summed E-state index contributed by atoms with van der Waals surface area (Å²) < 4.78 is 16.7. The van der Waals surface area contributed by atoms with Gasteiger partial charge in [-0.2, -0.15) is 0 Å². The number of nitrogens with zero attached hydrogens (tertiary/aromatic N) is 1. The molecular formula is C24H40IN3O3. The van der Waals surface area contributed by atoms with Crippen LogP contribution in [-0.4, -0.2) is 47.0 Å². The summed E-state index contributed by atoms with van der Waals surface area (Å²) in [4.78, 5) is 4.42. The fraction of sp³-hybridized carbons (Fsp3) is 0.625. The van der Waals surface area contributed by atoms with Crippen molar-refractivity contribution in [1.82, 2.24) is 10.6 Å². The third-order valence-corrected chi connectivity index (χ3v) is 5.94. The molecule has 2 N–H and O–H groups in total. The van der Waals surface area contributed by atoms with Crippen LogP contribution in [0.2, 0.25) is 0 Å². The molecular weight excluding hydrogens is 505 g/mol. The Morgan fingerprint density at radius 2 is 1.94 bits per heavy atom. The average molecular weight is 546 g/mol. The Labute approximate surface area is 205 Å². The van der Waals surface area contributed by atoms with Crippen molar-refractivity contribution in [3.8, 4) is 11.5 Å². The van der Waals surface area contributed by atoms with Crippen molar-refractivity contribution in [3.63, 3.8) is 0 Å². The topological polar surface area (TPSA) is 64.1 Å². The van der Waals surface area contributed by atoms with Gasteiger partial charge in [-0.3, -0.25) is 4.99 Å². The molecule has 31 heavy (non-hydrogen) atoms. The zero-order chi connectivity index (χ0) is 21.8. The minimum atomic E-state index is 0. The van der Waals surface area contributed by atoms with Gasteiger partial charge < -0.3 is 24.8 Å². The van der Waals surface area contributed by atoms with E-state index in [-0.39, 0.29) is 24.0 Å². The molecule has 1 aliphatic carbocycles. The number of hydrogen-bond donors (Lipinski definition) is 2. The van der Waals surface area contributed by atoms with Crippen LogP contribution >= 0.6 is 24.0 Å². The number of allylic oxidation sites excluding steroid dienone is 1. The van der Waals surface area contributed by atoms with Gasteiger partial charge in [-0.1, -0.05) is 18.9 Å². The summed E-state index contributed by atoms with van der Waals surface area (Å²) in [5.41, 5.74) is 2.49. The predicted octanol–water partition coefficient (Wildman–Crippen LogP) is 4.70. The van der Waals surface area contributed by atoms with E-state index in [4.69, 9.17) is 14.2 Å². The van der Waals surface area contributed by atoms with E-state index in [1.54, 1.807) is 14.2 Å². The number of hydrogen-bond acceptors (Lipinski definition) is 4. The summed E-state index contributed by atoms with van der Waals surface area (Å²) in [5, 5.41) is 6.99. The zero-order valence-corrected chi connectivity index (χ0v) is 21.9. The van der Waals surface area contributed by atoms with Gasteiger partial charge in [-0.25, -0.2) is 0 Å². The molecule has 0 bridgehead atoms. The van der Waals surface area contributed by atoms with Crippen molar-refractivity contribution in [1.29, 1.82) is 0 Å². The van der Waals surface area contributed by atoms with E-state index in [2.05, 4.69) is 35.2 Å². The molecule has 0 unspecified atom stereocenters. The Hall–Kier alpha value is -1.48. The van der Waals surface area contributed by atoms with Crippen LogP contribution in [0, 0.1) is 5.41 Å². The number of halogens is 1. The van der Waals surface area contributed by atoms with Gasteiger partial charge in [0.05, 0.1) is 14.2 Å².